The molecule has 1 N–H and O–H groups in total. The average molecular weight is 562 g/mol. The molecule has 0 unspecified atom stereocenters. The molecule has 4 aromatic rings. The van der Waals surface area contributed by atoms with Crippen LogP contribution in [0.15, 0.2) is 65.6 Å². The maximum absolute atomic E-state index is 13.8. The van der Waals surface area contributed by atoms with E-state index in [-0.39, 0.29) is 29.3 Å². The van der Waals surface area contributed by atoms with Crippen LogP contribution in [0.2, 0.25) is 0 Å². The predicted molar refractivity (Wildman–Crippen MR) is 154 cm³/mol. The summed E-state index contributed by atoms with van der Waals surface area (Å²) in [7, 11) is 5.57. The van der Waals surface area contributed by atoms with Gasteiger partial charge < -0.3 is 20.0 Å². The van der Waals surface area contributed by atoms with Gasteiger partial charge in [0.1, 0.15) is 5.65 Å². The van der Waals surface area contributed by atoms with Gasteiger partial charge in [-0.25, -0.2) is 4.98 Å². The molecule has 41 heavy (non-hydrogen) atoms. The molecule has 5 rings (SSSR count). The lowest BCUT2D eigenvalue weighted by atomic mass is 10.1. The summed E-state index contributed by atoms with van der Waals surface area (Å²) in [5, 5.41) is 3.63. The van der Waals surface area contributed by atoms with Gasteiger partial charge in [0.05, 0.1) is 17.7 Å². The van der Waals surface area contributed by atoms with Gasteiger partial charge in [0.15, 0.2) is 0 Å². The van der Waals surface area contributed by atoms with Crippen LogP contribution < -0.4 is 15.8 Å². The first-order chi connectivity index (χ1) is 19.6. The van der Waals surface area contributed by atoms with E-state index >= 15 is 0 Å². The summed E-state index contributed by atoms with van der Waals surface area (Å²) in [6.45, 7) is 3.57. The Hall–Kier alpha value is -4.56. The van der Waals surface area contributed by atoms with Crippen LogP contribution in [0.4, 0.5) is 30.5 Å². The number of likely N-dealkylation sites (N-methyl/N-ethyl adjacent to an activating group) is 1. The number of nitrogens with one attached hydrogen (secondary N) is 1. The highest BCUT2D eigenvalue weighted by atomic mass is 19.4. The van der Waals surface area contributed by atoms with Gasteiger partial charge >= 0.3 is 6.18 Å². The molecule has 2 aromatic heterocycles. The van der Waals surface area contributed by atoms with Crippen molar-refractivity contribution in [2.45, 2.75) is 12.7 Å². The minimum absolute atomic E-state index is 0.0475. The van der Waals surface area contributed by atoms with Gasteiger partial charge in [0.25, 0.3) is 5.56 Å². The van der Waals surface area contributed by atoms with Crippen molar-refractivity contribution in [3.63, 3.8) is 0 Å². The maximum atomic E-state index is 13.8. The van der Waals surface area contributed by atoms with Gasteiger partial charge in [-0.2, -0.15) is 18.2 Å². The average Bonchev–Trinajstić information content (AvgIpc) is 2.94. The maximum Gasteiger partial charge on any atom is 0.416 e. The second kappa shape index (κ2) is 11.5. The van der Waals surface area contributed by atoms with Gasteiger partial charge in [0.2, 0.25) is 5.95 Å². The molecule has 0 radical (unpaired) electrons. The van der Waals surface area contributed by atoms with E-state index in [1.54, 1.807) is 25.1 Å². The number of aromatic nitrogens is 3. The molecule has 1 aliphatic rings. The second-order valence-electron chi connectivity index (χ2n) is 10.2. The summed E-state index contributed by atoms with van der Waals surface area (Å²) in [5.74, 6) is 3.02. The van der Waals surface area contributed by atoms with Crippen molar-refractivity contribution in [1.29, 1.82) is 0 Å². The standard InChI is InChI=1S/C30H30F3N7O/c1-37(2)13-12-21-18-23-19-34-29(35-24-8-10-25(11-9-24)39-16-14-38(3)15-17-39)36-27(23)40(28(21)41)20-22-6-4-5-7-26(22)30(31,32)33/h4-11,18-19H,14-17,20H2,1-3H3,(H,34,35,36). The molecule has 0 amide bonds. The number of halogens is 3. The first-order valence-corrected chi connectivity index (χ1v) is 13.1. The number of hydrogen-bond acceptors (Lipinski definition) is 7. The van der Waals surface area contributed by atoms with E-state index in [0.717, 1.165) is 43.6 Å². The number of piperazine rings is 1. The summed E-state index contributed by atoms with van der Waals surface area (Å²) in [6.07, 6.45) is -3.04. The number of pyridine rings is 1. The number of alkyl halides is 3. The van der Waals surface area contributed by atoms with E-state index in [1.807, 2.05) is 24.3 Å². The number of anilines is 3. The normalized spacial score (nSPS) is 14.0. The summed E-state index contributed by atoms with van der Waals surface area (Å²) in [5.41, 5.74) is 0.809. The van der Waals surface area contributed by atoms with E-state index in [0.29, 0.717) is 5.39 Å². The topological polar surface area (TPSA) is 69.5 Å². The molecule has 1 saturated heterocycles. The fourth-order valence-electron chi connectivity index (χ4n) is 4.68. The summed E-state index contributed by atoms with van der Waals surface area (Å²) in [6, 6.07) is 17.5. The van der Waals surface area contributed by atoms with Crippen molar-refractivity contribution in [2.24, 2.45) is 0 Å². The molecule has 1 fully saturated rings. The zero-order valence-corrected chi connectivity index (χ0v) is 23.0. The zero-order valence-electron chi connectivity index (χ0n) is 23.0. The predicted octanol–water partition coefficient (Wildman–Crippen LogP) is 4.22. The first kappa shape index (κ1) is 28.0. The van der Waals surface area contributed by atoms with Gasteiger partial charge in [0, 0.05) is 69.3 Å². The van der Waals surface area contributed by atoms with Crippen LogP contribution in [-0.2, 0) is 12.7 Å². The van der Waals surface area contributed by atoms with Crippen molar-refractivity contribution < 1.29 is 13.2 Å². The zero-order chi connectivity index (χ0) is 29.1. The highest BCUT2D eigenvalue weighted by Crippen LogP contribution is 2.32. The molecule has 2 aromatic carbocycles. The van der Waals surface area contributed by atoms with Crippen LogP contribution in [0.5, 0.6) is 0 Å². The third kappa shape index (κ3) is 6.44. The van der Waals surface area contributed by atoms with Gasteiger partial charge in [-0.1, -0.05) is 18.2 Å². The molecule has 0 bridgehead atoms. The van der Waals surface area contributed by atoms with E-state index in [1.165, 1.54) is 29.0 Å². The lowest BCUT2D eigenvalue weighted by molar-refractivity contribution is -0.138. The highest BCUT2D eigenvalue weighted by molar-refractivity contribution is 5.77. The van der Waals surface area contributed by atoms with Crippen molar-refractivity contribution in [3.8, 4) is 12.0 Å². The van der Waals surface area contributed by atoms with Crippen molar-refractivity contribution in [2.75, 3.05) is 57.5 Å². The van der Waals surface area contributed by atoms with E-state index < -0.39 is 17.3 Å². The first-order valence-electron chi connectivity index (χ1n) is 13.1. The minimum Gasteiger partial charge on any atom is -0.369 e. The van der Waals surface area contributed by atoms with E-state index in [2.05, 4.69) is 44.1 Å². The molecule has 8 nitrogen and oxygen atoms in total. The minimum atomic E-state index is -4.57. The molecule has 1 aliphatic heterocycles. The second-order valence-corrected chi connectivity index (χ2v) is 10.2. The third-order valence-corrected chi connectivity index (χ3v) is 6.88. The fourth-order valence-corrected chi connectivity index (χ4v) is 4.68. The van der Waals surface area contributed by atoms with Crippen molar-refractivity contribution in [3.05, 3.63) is 87.8 Å². The quantitative estimate of drug-likeness (QED) is 0.289. The summed E-state index contributed by atoms with van der Waals surface area (Å²) < 4.78 is 42.5. The summed E-state index contributed by atoms with van der Waals surface area (Å²) >= 11 is 0. The SMILES string of the molecule is CN(C)C#Cc1cc2cnc(Nc3ccc(N4CCN(C)CC4)cc3)nc2n(Cc2ccccc2C(F)(F)F)c1=O. The van der Waals surface area contributed by atoms with E-state index in [4.69, 9.17) is 0 Å². The fraction of sp³-hybridized carbons (Fsp3) is 0.300. The molecule has 0 saturated carbocycles. The van der Waals surface area contributed by atoms with Gasteiger partial charge in [-0.3, -0.25) is 9.36 Å². The lowest BCUT2D eigenvalue weighted by Crippen LogP contribution is -2.44. The number of benzene rings is 2. The molecule has 3 heterocycles. The van der Waals surface area contributed by atoms with Crippen LogP contribution in [-0.4, -0.2) is 71.7 Å². The number of fused-ring (bicyclic) bond motifs is 1. The molecule has 0 spiro atoms. The molecular formula is C30H30F3N7O. The smallest absolute Gasteiger partial charge is 0.369 e. The van der Waals surface area contributed by atoms with Gasteiger partial charge in [-0.15, -0.1) is 0 Å². The monoisotopic (exact) mass is 561 g/mol. The van der Waals surface area contributed by atoms with Crippen molar-refractivity contribution >= 4 is 28.4 Å². The number of hydrogen-bond donors (Lipinski definition) is 1. The number of nitrogens with zero attached hydrogens (tertiary/aromatic N) is 6. The highest BCUT2D eigenvalue weighted by Gasteiger charge is 2.33. The third-order valence-electron chi connectivity index (χ3n) is 6.88. The van der Waals surface area contributed by atoms with Crippen LogP contribution in [0.25, 0.3) is 11.0 Å². The van der Waals surface area contributed by atoms with Crippen LogP contribution in [0, 0.1) is 12.0 Å². The van der Waals surface area contributed by atoms with Crippen LogP contribution in [0.1, 0.15) is 16.7 Å². The van der Waals surface area contributed by atoms with E-state index in [9.17, 15) is 18.0 Å². The number of rotatable bonds is 5. The van der Waals surface area contributed by atoms with Gasteiger partial charge in [-0.05, 0) is 54.9 Å². The molecule has 0 atom stereocenters. The molecular weight excluding hydrogens is 531 g/mol. The molecule has 11 heteroatoms. The Morgan fingerprint density at radius 2 is 1.73 bits per heavy atom. The van der Waals surface area contributed by atoms with Crippen LogP contribution >= 0.6 is 0 Å². The largest absolute Gasteiger partial charge is 0.416 e. The molecule has 0 aliphatic carbocycles. The Balaban J connectivity index is 1.51. The Kier molecular flexibility index (Phi) is 7.85. The Morgan fingerprint density at radius 1 is 1.02 bits per heavy atom. The summed E-state index contributed by atoms with van der Waals surface area (Å²) in [4.78, 5) is 28.7. The Bertz CT molecular complexity index is 1660. The lowest BCUT2D eigenvalue weighted by Gasteiger charge is -2.34. The van der Waals surface area contributed by atoms with Crippen molar-refractivity contribution in [1.82, 2.24) is 24.3 Å². The Morgan fingerprint density at radius 3 is 2.41 bits per heavy atom. The molecule has 212 valence electrons. The van der Waals surface area contributed by atoms with Crippen LogP contribution in [0.3, 0.4) is 0 Å². The Labute approximate surface area is 236 Å².